The van der Waals surface area contributed by atoms with Crippen LogP contribution in [-0.2, 0) is 21.4 Å². The molecule has 0 saturated carbocycles. The number of hydrogen-bond acceptors (Lipinski definition) is 7. The molecule has 2 N–H and O–H groups in total. The zero-order valence-corrected chi connectivity index (χ0v) is 26.0. The molecule has 1 heterocycles. The number of rotatable bonds is 12. The lowest BCUT2D eigenvalue weighted by atomic mass is 10.2. The van der Waals surface area contributed by atoms with Crippen molar-refractivity contribution in [3.8, 4) is 5.69 Å². The molecule has 14 heteroatoms. The lowest BCUT2D eigenvalue weighted by molar-refractivity contribution is -0.113. The first-order valence-corrected chi connectivity index (χ1v) is 16.1. The highest BCUT2D eigenvalue weighted by Gasteiger charge is 2.22. The summed E-state index contributed by atoms with van der Waals surface area (Å²) in [5.41, 5.74) is 1.07. The molecule has 0 radical (unpaired) electrons. The number of sulfonamides is 1. The fourth-order valence-electron chi connectivity index (χ4n) is 3.99. The van der Waals surface area contributed by atoms with Crippen LogP contribution in [0.4, 0.5) is 10.1 Å². The zero-order chi connectivity index (χ0) is 30.3. The molecule has 4 rings (SSSR count). The monoisotopic (exact) mass is 674 g/mol. The Labute approximate surface area is 255 Å². The van der Waals surface area contributed by atoms with Gasteiger partial charge in [-0.2, -0.15) is 4.31 Å². The van der Waals surface area contributed by atoms with Gasteiger partial charge in [0.25, 0.3) is 5.91 Å². The molecule has 4 aromatic rings. The van der Waals surface area contributed by atoms with E-state index in [1.165, 1.54) is 46.8 Å². The molecular formula is C28H28BrFN6O4S2. The highest BCUT2D eigenvalue weighted by molar-refractivity contribution is 9.10. The van der Waals surface area contributed by atoms with Crippen LogP contribution < -0.4 is 10.6 Å². The van der Waals surface area contributed by atoms with Gasteiger partial charge >= 0.3 is 0 Å². The highest BCUT2D eigenvalue weighted by Crippen LogP contribution is 2.24. The van der Waals surface area contributed by atoms with Gasteiger partial charge in [-0.15, -0.1) is 10.2 Å². The van der Waals surface area contributed by atoms with Gasteiger partial charge in [-0.3, -0.25) is 14.2 Å². The number of amides is 2. The van der Waals surface area contributed by atoms with Gasteiger partial charge in [-0.1, -0.05) is 53.7 Å². The maximum atomic E-state index is 13.9. The summed E-state index contributed by atoms with van der Waals surface area (Å²) in [5, 5.41) is 14.2. The van der Waals surface area contributed by atoms with Gasteiger partial charge in [0.05, 0.1) is 22.9 Å². The van der Waals surface area contributed by atoms with Gasteiger partial charge in [0.2, 0.25) is 15.9 Å². The summed E-state index contributed by atoms with van der Waals surface area (Å²) in [5.74, 6) is -1.03. The summed E-state index contributed by atoms with van der Waals surface area (Å²) in [6, 6.07) is 19.0. The minimum absolute atomic E-state index is 0.00335. The standard InChI is InChI=1S/C28H28BrFN6O4S2/c1-3-35(4-2)42(39,40)22-15-9-19(10-16-22)27(38)31-17-25-33-34-28(36(25)21-13-11-20(29)12-14-21)41-18-26(37)32-24-8-6-5-7-23(24)30/h5-16H,3-4,17-18H2,1-2H3,(H,31,38)(H,32,37). The number of para-hydroxylation sites is 1. The van der Waals surface area contributed by atoms with Crippen LogP contribution in [0, 0.1) is 5.82 Å². The first kappa shape index (κ1) is 31.3. The molecule has 0 saturated heterocycles. The van der Waals surface area contributed by atoms with Crippen molar-refractivity contribution in [2.75, 3.05) is 24.2 Å². The smallest absolute Gasteiger partial charge is 0.251 e. The van der Waals surface area contributed by atoms with Gasteiger partial charge in [0.15, 0.2) is 11.0 Å². The molecule has 0 aliphatic carbocycles. The maximum Gasteiger partial charge on any atom is 0.251 e. The van der Waals surface area contributed by atoms with Crippen LogP contribution >= 0.6 is 27.7 Å². The van der Waals surface area contributed by atoms with Crippen molar-refractivity contribution in [1.29, 1.82) is 0 Å². The van der Waals surface area contributed by atoms with Crippen LogP contribution in [0.5, 0.6) is 0 Å². The molecule has 0 atom stereocenters. The lowest BCUT2D eigenvalue weighted by Gasteiger charge is -2.18. The molecular weight excluding hydrogens is 647 g/mol. The van der Waals surface area contributed by atoms with E-state index in [0.29, 0.717) is 29.8 Å². The second-order valence-electron chi connectivity index (χ2n) is 8.82. The van der Waals surface area contributed by atoms with E-state index in [1.54, 1.807) is 24.5 Å². The van der Waals surface area contributed by atoms with Crippen molar-refractivity contribution in [3.63, 3.8) is 0 Å². The molecule has 0 aliphatic heterocycles. The van der Waals surface area contributed by atoms with E-state index in [0.717, 1.165) is 16.2 Å². The summed E-state index contributed by atoms with van der Waals surface area (Å²) in [6.45, 7) is 4.22. The number of nitrogens with zero attached hydrogens (tertiary/aromatic N) is 4. The summed E-state index contributed by atoms with van der Waals surface area (Å²) < 4.78 is 43.3. The van der Waals surface area contributed by atoms with Crippen LogP contribution in [-0.4, -0.2) is 58.1 Å². The number of carbonyl (C=O) groups is 2. The van der Waals surface area contributed by atoms with Crippen molar-refractivity contribution >= 4 is 55.2 Å². The topological polar surface area (TPSA) is 126 Å². The number of benzene rings is 3. The summed E-state index contributed by atoms with van der Waals surface area (Å²) in [4.78, 5) is 25.5. The van der Waals surface area contributed by atoms with Gasteiger partial charge < -0.3 is 10.6 Å². The van der Waals surface area contributed by atoms with Crippen LogP contribution in [0.1, 0.15) is 30.0 Å². The Hall–Kier alpha value is -3.59. The Morgan fingerprint density at radius 2 is 1.64 bits per heavy atom. The predicted octanol–water partition coefficient (Wildman–Crippen LogP) is 4.86. The molecule has 3 aromatic carbocycles. The number of anilines is 1. The van der Waals surface area contributed by atoms with Crippen LogP contribution in [0.2, 0.25) is 0 Å². The number of carbonyl (C=O) groups excluding carboxylic acids is 2. The first-order chi connectivity index (χ1) is 20.1. The average molecular weight is 676 g/mol. The van der Waals surface area contributed by atoms with Crippen molar-refractivity contribution < 1.29 is 22.4 Å². The Morgan fingerprint density at radius 1 is 0.976 bits per heavy atom. The molecule has 42 heavy (non-hydrogen) atoms. The van der Waals surface area contributed by atoms with E-state index in [1.807, 2.05) is 24.3 Å². The Bertz CT molecular complexity index is 1660. The lowest BCUT2D eigenvalue weighted by Crippen LogP contribution is -2.30. The highest BCUT2D eigenvalue weighted by atomic mass is 79.9. The molecule has 1 aromatic heterocycles. The summed E-state index contributed by atoms with van der Waals surface area (Å²) >= 11 is 4.53. The molecule has 0 spiro atoms. The van der Waals surface area contributed by atoms with Crippen LogP contribution in [0.25, 0.3) is 5.69 Å². The maximum absolute atomic E-state index is 13.9. The third kappa shape index (κ3) is 7.43. The van der Waals surface area contributed by atoms with Crippen molar-refractivity contribution in [3.05, 3.63) is 94.5 Å². The minimum Gasteiger partial charge on any atom is -0.345 e. The van der Waals surface area contributed by atoms with Gasteiger partial charge in [0.1, 0.15) is 5.82 Å². The fraction of sp³-hybridized carbons (Fsp3) is 0.214. The fourth-order valence-corrected chi connectivity index (χ4v) is 6.48. The number of aromatic nitrogens is 3. The van der Waals surface area contributed by atoms with Gasteiger partial charge in [-0.25, -0.2) is 12.8 Å². The quantitative estimate of drug-likeness (QED) is 0.206. The van der Waals surface area contributed by atoms with E-state index in [9.17, 15) is 22.4 Å². The number of halogens is 2. The minimum atomic E-state index is -3.64. The summed E-state index contributed by atoms with van der Waals surface area (Å²) in [6.07, 6.45) is 0. The third-order valence-corrected chi connectivity index (χ3v) is 9.65. The van der Waals surface area contributed by atoms with E-state index < -0.39 is 27.7 Å². The summed E-state index contributed by atoms with van der Waals surface area (Å²) in [7, 11) is -3.64. The average Bonchev–Trinajstić information content (AvgIpc) is 3.39. The number of nitrogens with one attached hydrogen (secondary N) is 2. The van der Waals surface area contributed by atoms with Crippen molar-refractivity contribution in [2.24, 2.45) is 0 Å². The molecule has 0 fully saturated rings. The van der Waals surface area contributed by atoms with Crippen molar-refractivity contribution in [1.82, 2.24) is 24.4 Å². The van der Waals surface area contributed by atoms with E-state index in [-0.39, 0.29) is 28.4 Å². The molecule has 0 unspecified atom stereocenters. The molecule has 0 bridgehead atoms. The second kappa shape index (κ2) is 14.1. The number of thioether (sulfide) groups is 1. The zero-order valence-electron chi connectivity index (χ0n) is 22.8. The second-order valence-corrected chi connectivity index (χ2v) is 12.6. The predicted molar refractivity (Wildman–Crippen MR) is 163 cm³/mol. The van der Waals surface area contributed by atoms with E-state index in [4.69, 9.17) is 0 Å². The third-order valence-electron chi connectivity index (χ3n) is 6.13. The molecule has 220 valence electrons. The van der Waals surface area contributed by atoms with Crippen LogP contribution in [0.15, 0.2) is 87.3 Å². The Morgan fingerprint density at radius 3 is 2.29 bits per heavy atom. The Kier molecular flexibility index (Phi) is 10.5. The van der Waals surface area contributed by atoms with E-state index in [2.05, 4.69) is 36.8 Å². The van der Waals surface area contributed by atoms with Gasteiger partial charge in [0, 0.05) is 28.8 Å². The molecule has 0 aliphatic rings. The van der Waals surface area contributed by atoms with E-state index >= 15 is 0 Å². The normalized spacial score (nSPS) is 11.5. The van der Waals surface area contributed by atoms with Gasteiger partial charge in [-0.05, 0) is 60.7 Å². The molecule has 10 nitrogen and oxygen atoms in total. The Balaban J connectivity index is 1.48. The first-order valence-electron chi connectivity index (χ1n) is 12.9. The SMILES string of the molecule is CCN(CC)S(=O)(=O)c1ccc(C(=O)NCc2nnc(SCC(=O)Nc3ccccc3F)n2-c2ccc(Br)cc2)cc1. The van der Waals surface area contributed by atoms with Crippen LogP contribution in [0.3, 0.4) is 0 Å². The molecule has 2 amide bonds. The number of hydrogen-bond donors (Lipinski definition) is 2. The van der Waals surface area contributed by atoms with Crippen molar-refractivity contribution in [2.45, 2.75) is 30.4 Å². The largest absolute Gasteiger partial charge is 0.345 e.